The lowest BCUT2D eigenvalue weighted by molar-refractivity contribution is -0.384. The highest BCUT2D eigenvalue weighted by atomic mass is 32.2. The highest BCUT2D eigenvalue weighted by Crippen LogP contribution is 2.33. The lowest BCUT2D eigenvalue weighted by Gasteiger charge is -2.05. The van der Waals surface area contributed by atoms with Gasteiger partial charge in [0.1, 0.15) is 5.82 Å². The Morgan fingerprint density at radius 2 is 1.83 bits per heavy atom. The number of nitro groups is 1. The summed E-state index contributed by atoms with van der Waals surface area (Å²) in [5.74, 6) is -0.309. The van der Waals surface area contributed by atoms with Gasteiger partial charge in [0, 0.05) is 21.9 Å². The summed E-state index contributed by atoms with van der Waals surface area (Å²) in [6, 6.07) is 10.2. The molecule has 2 rings (SSSR count). The van der Waals surface area contributed by atoms with Crippen molar-refractivity contribution in [3.05, 3.63) is 58.4 Å². The van der Waals surface area contributed by atoms with Crippen LogP contribution in [0.1, 0.15) is 0 Å². The summed E-state index contributed by atoms with van der Waals surface area (Å²) in [5, 5.41) is 10.6. The average molecular weight is 264 g/mol. The van der Waals surface area contributed by atoms with Gasteiger partial charge in [-0.1, -0.05) is 11.8 Å². The van der Waals surface area contributed by atoms with Gasteiger partial charge >= 0.3 is 0 Å². The van der Waals surface area contributed by atoms with Crippen molar-refractivity contribution in [3.63, 3.8) is 0 Å². The van der Waals surface area contributed by atoms with Crippen LogP contribution in [0.2, 0.25) is 0 Å². The summed E-state index contributed by atoms with van der Waals surface area (Å²) >= 11 is 1.33. The van der Waals surface area contributed by atoms with E-state index in [9.17, 15) is 14.5 Å². The fourth-order valence-electron chi connectivity index (χ4n) is 1.37. The molecule has 0 atom stereocenters. The zero-order valence-corrected chi connectivity index (χ0v) is 9.99. The number of hydrogen-bond acceptors (Lipinski definition) is 4. The Bertz CT molecular complexity index is 587. The Labute approximate surface area is 107 Å². The number of non-ortho nitro benzene ring substituents is 1. The fraction of sp³-hybridized carbons (Fsp3) is 0. The minimum Gasteiger partial charge on any atom is -0.398 e. The van der Waals surface area contributed by atoms with Gasteiger partial charge in [0.2, 0.25) is 0 Å². The number of halogens is 1. The maximum absolute atomic E-state index is 12.7. The van der Waals surface area contributed by atoms with E-state index in [1.807, 2.05) is 0 Å². The molecule has 0 aliphatic heterocycles. The molecule has 18 heavy (non-hydrogen) atoms. The van der Waals surface area contributed by atoms with Crippen molar-refractivity contribution in [2.24, 2.45) is 0 Å². The summed E-state index contributed by atoms with van der Waals surface area (Å²) < 4.78 is 12.7. The van der Waals surface area contributed by atoms with E-state index in [4.69, 9.17) is 5.73 Å². The van der Waals surface area contributed by atoms with E-state index in [0.29, 0.717) is 10.6 Å². The van der Waals surface area contributed by atoms with Crippen LogP contribution in [0.25, 0.3) is 0 Å². The number of nitrogens with zero attached hydrogens (tertiary/aromatic N) is 1. The number of benzene rings is 2. The second-order valence-electron chi connectivity index (χ2n) is 3.54. The molecule has 0 spiro atoms. The molecule has 92 valence electrons. The van der Waals surface area contributed by atoms with Gasteiger partial charge in [-0.2, -0.15) is 0 Å². The molecule has 0 amide bonds. The third-order valence-electron chi connectivity index (χ3n) is 2.25. The maximum Gasteiger partial charge on any atom is 0.271 e. The van der Waals surface area contributed by atoms with E-state index in [1.165, 1.54) is 36.0 Å². The number of hydrogen-bond donors (Lipinski definition) is 1. The first-order valence-corrected chi connectivity index (χ1v) is 5.85. The molecular formula is C12H9FN2O2S. The summed E-state index contributed by atoms with van der Waals surface area (Å²) in [7, 11) is 0. The van der Waals surface area contributed by atoms with Crippen molar-refractivity contribution in [1.82, 2.24) is 0 Å². The molecule has 0 saturated carbocycles. The van der Waals surface area contributed by atoms with Gasteiger partial charge in [-0.05, 0) is 30.3 Å². The Morgan fingerprint density at radius 3 is 2.39 bits per heavy atom. The molecule has 0 radical (unpaired) electrons. The predicted octanol–water partition coefficient (Wildman–Crippen LogP) is 3.47. The van der Waals surface area contributed by atoms with Gasteiger partial charge in [-0.15, -0.1) is 0 Å². The lowest BCUT2D eigenvalue weighted by Crippen LogP contribution is -1.93. The molecule has 4 nitrogen and oxygen atoms in total. The minimum absolute atomic E-state index is 0.0454. The first-order valence-electron chi connectivity index (χ1n) is 5.03. The Balaban J connectivity index is 2.24. The second kappa shape index (κ2) is 5.05. The standard InChI is InChI=1S/C12H9FN2O2S/c13-8-1-4-10(5-2-8)18-12-6-3-9(15(16)17)7-11(12)14/h1-7H,14H2. The zero-order chi connectivity index (χ0) is 13.1. The summed E-state index contributed by atoms with van der Waals surface area (Å²) in [6.07, 6.45) is 0. The van der Waals surface area contributed by atoms with Crippen LogP contribution >= 0.6 is 11.8 Å². The molecule has 0 saturated heterocycles. The summed E-state index contributed by atoms with van der Waals surface area (Å²) in [5.41, 5.74) is 6.02. The van der Waals surface area contributed by atoms with E-state index in [-0.39, 0.29) is 11.5 Å². The van der Waals surface area contributed by atoms with Gasteiger partial charge < -0.3 is 5.73 Å². The molecule has 0 aliphatic rings. The number of anilines is 1. The van der Waals surface area contributed by atoms with Crippen LogP contribution in [0.5, 0.6) is 0 Å². The molecule has 6 heteroatoms. The normalized spacial score (nSPS) is 10.3. The highest BCUT2D eigenvalue weighted by Gasteiger charge is 2.09. The van der Waals surface area contributed by atoms with Crippen LogP contribution in [0.15, 0.2) is 52.3 Å². The van der Waals surface area contributed by atoms with Crippen LogP contribution in [-0.4, -0.2) is 4.92 Å². The topological polar surface area (TPSA) is 69.2 Å². The number of nitro benzene ring substituents is 1. The smallest absolute Gasteiger partial charge is 0.271 e. The van der Waals surface area contributed by atoms with Gasteiger partial charge in [0.15, 0.2) is 0 Å². The molecular weight excluding hydrogens is 255 g/mol. The van der Waals surface area contributed by atoms with Crippen molar-refractivity contribution in [1.29, 1.82) is 0 Å². The Kier molecular flexibility index (Phi) is 3.47. The molecule has 0 aliphatic carbocycles. The SMILES string of the molecule is Nc1cc([N+](=O)[O-])ccc1Sc1ccc(F)cc1. The van der Waals surface area contributed by atoms with E-state index in [1.54, 1.807) is 18.2 Å². The van der Waals surface area contributed by atoms with Crippen molar-refractivity contribution >= 4 is 23.1 Å². The number of nitrogens with two attached hydrogens (primary N) is 1. The highest BCUT2D eigenvalue weighted by molar-refractivity contribution is 7.99. The first-order chi connectivity index (χ1) is 8.56. The molecule has 0 bridgehead atoms. The third kappa shape index (κ3) is 2.78. The van der Waals surface area contributed by atoms with Crippen LogP contribution < -0.4 is 5.73 Å². The monoisotopic (exact) mass is 264 g/mol. The van der Waals surface area contributed by atoms with Crippen LogP contribution in [0.4, 0.5) is 15.8 Å². The van der Waals surface area contributed by atoms with Crippen LogP contribution in [0, 0.1) is 15.9 Å². The summed E-state index contributed by atoms with van der Waals surface area (Å²) in [4.78, 5) is 11.6. The van der Waals surface area contributed by atoms with E-state index in [2.05, 4.69) is 0 Å². The Hall–Kier alpha value is -2.08. The quantitative estimate of drug-likeness (QED) is 0.523. The molecule has 2 aromatic rings. The number of nitrogen functional groups attached to an aromatic ring is 1. The van der Waals surface area contributed by atoms with Crippen molar-refractivity contribution in [2.45, 2.75) is 9.79 Å². The van der Waals surface area contributed by atoms with Crippen molar-refractivity contribution < 1.29 is 9.31 Å². The predicted molar refractivity (Wildman–Crippen MR) is 68.0 cm³/mol. The molecule has 0 fully saturated rings. The van der Waals surface area contributed by atoms with Crippen LogP contribution in [-0.2, 0) is 0 Å². The van der Waals surface area contributed by atoms with Crippen molar-refractivity contribution in [2.75, 3.05) is 5.73 Å². The van der Waals surface area contributed by atoms with Crippen LogP contribution in [0.3, 0.4) is 0 Å². The molecule has 0 aromatic heterocycles. The van der Waals surface area contributed by atoms with Gasteiger partial charge in [0.25, 0.3) is 5.69 Å². The molecule has 0 heterocycles. The van der Waals surface area contributed by atoms with E-state index in [0.717, 1.165) is 4.90 Å². The van der Waals surface area contributed by atoms with Gasteiger partial charge in [-0.3, -0.25) is 10.1 Å². The van der Waals surface area contributed by atoms with Gasteiger partial charge in [0.05, 0.1) is 10.6 Å². The maximum atomic E-state index is 12.7. The molecule has 0 unspecified atom stereocenters. The average Bonchev–Trinajstić information content (AvgIpc) is 2.34. The first kappa shape index (κ1) is 12.4. The van der Waals surface area contributed by atoms with Gasteiger partial charge in [-0.25, -0.2) is 4.39 Å². The van der Waals surface area contributed by atoms with E-state index < -0.39 is 4.92 Å². The second-order valence-corrected chi connectivity index (χ2v) is 4.65. The Morgan fingerprint density at radius 1 is 1.17 bits per heavy atom. The zero-order valence-electron chi connectivity index (χ0n) is 9.17. The van der Waals surface area contributed by atoms with E-state index >= 15 is 0 Å². The third-order valence-corrected chi connectivity index (χ3v) is 3.35. The summed E-state index contributed by atoms with van der Waals surface area (Å²) in [6.45, 7) is 0. The number of rotatable bonds is 3. The van der Waals surface area contributed by atoms with Crippen molar-refractivity contribution in [3.8, 4) is 0 Å². The largest absolute Gasteiger partial charge is 0.398 e. The minimum atomic E-state index is -0.497. The lowest BCUT2D eigenvalue weighted by atomic mass is 10.3. The molecule has 2 N–H and O–H groups in total. The fourth-order valence-corrected chi connectivity index (χ4v) is 2.21. The molecule has 2 aromatic carbocycles.